The molecule has 1 aromatic heterocycles. The molecule has 2 rings (SSSR count). The third-order valence-corrected chi connectivity index (χ3v) is 2.23. The number of hydrogen-bond acceptors (Lipinski definition) is 3. The van der Waals surface area contributed by atoms with E-state index in [0.717, 1.165) is 0 Å². The first kappa shape index (κ1) is 11.2. The number of benzene rings is 1. The van der Waals surface area contributed by atoms with Crippen LogP contribution in [0.5, 0.6) is 0 Å². The summed E-state index contributed by atoms with van der Waals surface area (Å²) in [5, 5.41) is 0. The van der Waals surface area contributed by atoms with Crippen LogP contribution in [0.1, 0.15) is 16.3 Å². The van der Waals surface area contributed by atoms with Crippen LogP contribution in [0.4, 0.5) is 4.39 Å². The monoisotopic (exact) mass is 231 g/mol. The number of aromatic nitrogens is 2. The molecule has 0 spiro atoms. The lowest BCUT2D eigenvalue weighted by atomic mass is 10.1. The first-order chi connectivity index (χ1) is 8.06. The molecule has 2 N–H and O–H groups in total. The van der Waals surface area contributed by atoms with Crippen LogP contribution in [0, 0.1) is 12.7 Å². The third kappa shape index (κ3) is 2.44. The van der Waals surface area contributed by atoms with Crippen molar-refractivity contribution in [1.82, 2.24) is 9.97 Å². The zero-order valence-electron chi connectivity index (χ0n) is 9.14. The minimum absolute atomic E-state index is 0.150. The molecule has 17 heavy (non-hydrogen) atoms. The second kappa shape index (κ2) is 4.29. The van der Waals surface area contributed by atoms with E-state index in [1.807, 2.05) is 0 Å². The fourth-order valence-corrected chi connectivity index (χ4v) is 1.46. The lowest BCUT2D eigenvalue weighted by Crippen LogP contribution is -2.14. The Bertz CT molecular complexity index is 566. The highest BCUT2D eigenvalue weighted by Crippen LogP contribution is 2.18. The first-order valence-electron chi connectivity index (χ1n) is 4.97. The number of nitrogens with zero attached hydrogens (tertiary/aromatic N) is 2. The number of amides is 1. The van der Waals surface area contributed by atoms with Crippen LogP contribution in [-0.2, 0) is 0 Å². The van der Waals surface area contributed by atoms with Gasteiger partial charge in [0.2, 0.25) is 0 Å². The molecule has 0 saturated heterocycles. The highest BCUT2D eigenvalue weighted by atomic mass is 19.1. The van der Waals surface area contributed by atoms with Gasteiger partial charge in [-0.1, -0.05) is 0 Å². The number of hydrogen-bond donors (Lipinski definition) is 1. The van der Waals surface area contributed by atoms with Crippen molar-refractivity contribution >= 4 is 5.91 Å². The average molecular weight is 231 g/mol. The molecule has 0 fully saturated rings. The molecule has 4 nitrogen and oxygen atoms in total. The number of primary amides is 1. The van der Waals surface area contributed by atoms with Gasteiger partial charge in [-0.3, -0.25) is 4.79 Å². The van der Waals surface area contributed by atoms with Crippen LogP contribution < -0.4 is 5.73 Å². The SMILES string of the molecule is Cc1nc(C(N)=O)cc(-c2ccc(F)cc2)n1. The minimum atomic E-state index is -0.612. The number of rotatable bonds is 2. The standard InChI is InChI=1S/C12H10FN3O/c1-7-15-10(6-11(16-7)12(14)17)8-2-4-9(13)5-3-8/h2-6H,1H3,(H2,14,17). The molecule has 0 aliphatic rings. The number of halogens is 1. The summed E-state index contributed by atoms with van der Waals surface area (Å²) in [6.07, 6.45) is 0. The van der Waals surface area contributed by atoms with Gasteiger partial charge in [-0.15, -0.1) is 0 Å². The van der Waals surface area contributed by atoms with Crippen LogP contribution in [0.25, 0.3) is 11.3 Å². The number of carbonyl (C=O) groups excluding carboxylic acids is 1. The van der Waals surface area contributed by atoms with Gasteiger partial charge in [0.25, 0.3) is 5.91 Å². The van der Waals surface area contributed by atoms with Crippen molar-refractivity contribution in [3.8, 4) is 11.3 Å². The quantitative estimate of drug-likeness (QED) is 0.855. The summed E-state index contributed by atoms with van der Waals surface area (Å²) in [5.74, 6) is -0.492. The Labute approximate surface area is 97.3 Å². The summed E-state index contributed by atoms with van der Waals surface area (Å²) in [7, 11) is 0. The van der Waals surface area contributed by atoms with E-state index < -0.39 is 5.91 Å². The lowest BCUT2D eigenvalue weighted by Gasteiger charge is -2.04. The Balaban J connectivity index is 2.51. The van der Waals surface area contributed by atoms with Crippen molar-refractivity contribution in [3.63, 3.8) is 0 Å². The molecule has 5 heteroatoms. The maximum absolute atomic E-state index is 12.8. The molecular weight excluding hydrogens is 221 g/mol. The maximum Gasteiger partial charge on any atom is 0.267 e. The predicted octanol–water partition coefficient (Wildman–Crippen LogP) is 1.69. The Morgan fingerprint density at radius 1 is 1.24 bits per heavy atom. The van der Waals surface area contributed by atoms with Crippen LogP contribution in [0.3, 0.4) is 0 Å². The van der Waals surface area contributed by atoms with Gasteiger partial charge in [0.05, 0.1) is 5.69 Å². The summed E-state index contributed by atoms with van der Waals surface area (Å²) in [6, 6.07) is 7.32. The third-order valence-electron chi connectivity index (χ3n) is 2.23. The maximum atomic E-state index is 12.8. The van der Waals surface area contributed by atoms with Gasteiger partial charge in [-0.2, -0.15) is 0 Å². The fourth-order valence-electron chi connectivity index (χ4n) is 1.46. The van der Waals surface area contributed by atoms with Crippen molar-refractivity contribution < 1.29 is 9.18 Å². The van der Waals surface area contributed by atoms with Crippen molar-refractivity contribution in [2.24, 2.45) is 5.73 Å². The van der Waals surface area contributed by atoms with Gasteiger partial charge >= 0.3 is 0 Å². The van der Waals surface area contributed by atoms with E-state index in [1.54, 1.807) is 19.1 Å². The number of nitrogens with two attached hydrogens (primary N) is 1. The first-order valence-corrected chi connectivity index (χ1v) is 4.97. The van der Waals surface area contributed by atoms with E-state index in [-0.39, 0.29) is 11.5 Å². The van der Waals surface area contributed by atoms with E-state index in [0.29, 0.717) is 17.1 Å². The van der Waals surface area contributed by atoms with Crippen LogP contribution in [0.15, 0.2) is 30.3 Å². The summed E-state index contributed by atoms with van der Waals surface area (Å²) in [6.45, 7) is 1.67. The Hall–Kier alpha value is -2.30. The van der Waals surface area contributed by atoms with E-state index in [9.17, 15) is 9.18 Å². The number of aryl methyl sites for hydroxylation is 1. The molecule has 0 aliphatic carbocycles. The zero-order chi connectivity index (χ0) is 12.4. The molecule has 2 aromatic rings. The van der Waals surface area contributed by atoms with Gasteiger partial charge < -0.3 is 5.73 Å². The fraction of sp³-hybridized carbons (Fsp3) is 0.0833. The van der Waals surface area contributed by atoms with Gasteiger partial charge in [-0.05, 0) is 37.3 Å². The highest BCUT2D eigenvalue weighted by Gasteiger charge is 2.08. The second-order valence-electron chi connectivity index (χ2n) is 3.56. The molecule has 0 atom stereocenters. The molecular formula is C12H10FN3O. The summed E-state index contributed by atoms with van der Waals surface area (Å²) < 4.78 is 12.8. The predicted molar refractivity (Wildman–Crippen MR) is 60.7 cm³/mol. The molecule has 0 saturated carbocycles. The Kier molecular flexibility index (Phi) is 2.82. The van der Waals surface area contributed by atoms with E-state index in [4.69, 9.17) is 5.73 Å². The zero-order valence-corrected chi connectivity index (χ0v) is 9.14. The molecule has 86 valence electrons. The average Bonchev–Trinajstić information content (AvgIpc) is 2.29. The molecule has 1 heterocycles. The van der Waals surface area contributed by atoms with Crippen molar-refractivity contribution in [3.05, 3.63) is 47.7 Å². The Morgan fingerprint density at radius 2 is 1.88 bits per heavy atom. The van der Waals surface area contributed by atoms with Gasteiger partial charge in [-0.25, -0.2) is 14.4 Å². The largest absolute Gasteiger partial charge is 0.364 e. The van der Waals surface area contributed by atoms with Crippen LogP contribution in [0.2, 0.25) is 0 Å². The smallest absolute Gasteiger partial charge is 0.267 e. The van der Waals surface area contributed by atoms with E-state index >= 15 is 0 Å². The van der Waals surface area contributed by atoms with Crippen LogP contribution >= 0.6 is 0 Å². The molecule has 0 unspecified atom stereocenters. The molecule has 0 radical (unpaired) electrons. The molecule has 0 bridgehead atoms. The highest BCUT2D eigenvalue weighted by molar-refractivity contribution is 5.91. The summed E-state index contributed by atoms with van der Waals surface area (Å²) in [5.41, 5.74) is 6.57. The lowest BCUT2D eigenvalue weighted by molar-refractivity contribution is 0.0995. The van der Waals surface area contributed by atoms with Gasteiger partial charge in [0.15, 0.2) is 0 Å². The number of carbonyl (C=O) groups is 1. The minimum Gasteiger partial charge on any atom is -0.364 e. The van der Waals surface area contributed by atoms with Crippen molar-refractivity contribution in [2.75, 3.05) is 0 Å². The van der Waals surface area contributed by atoms with E-state index in [2.05, 4.69) is 9.97 Å². The van der Waals surface area contributed by atoms with Gasteiger partial charge in [0, 0.05) is 5.56 Å². The van der Waals surface area contributed by atoms with Crippen molar-refractivity contribution in [2.45, 2.75) is 6.92 Å². The summed E-state index contributed by atoms with van der Waals surface area (Å²) in [4.78, 5) is 19.2. The van der Waals surface area contributed by atoms with Gasteiger partial charge in [0.1, 0.15) is 17.3 Å². The molecule has 0 aliphatic heterocycles. The molecule has 1 amide bonds. The summed E-state index contributed by atoms with van der Waals surface area (Å²) >= 11 is 0. The molecule has 1 aromatic carbocycles. The Morgan fingerprint density at radius 3 is 2.47 bits per heavy atom. The normalized spacial score (nSPS) is 10.2. The topological polar surface area (TPSA) is 68.9 Å². The second-order valence-corrected chi connectivity index (χ2v) is 3.56. The van der Waals surface area contributed by atoms with Crippen LogP contribution in [-0.4, -0.2) is 15.9 Å². The van der Waals surface area contributed by atoms with Crippen molar-refractivity contribution in [1.29, 1.82) is 0 Å². The van der Waals surface area contributed by atoms with E-state index in [1.165, 1.54) is 18.2 Å².